The van der Waals surface area contributed by atoms with Gasteiger partial charge in [-0.2, -0.15) is 5.10 Å². The molecule has 3 heterocycles. The summed E-state index contributed by atoms with van der Waals surface area (Å²) in [7, 11) is 0. The molecular weight excluding hydrogens is 492 g/mol. The van der Waals surface area contributed by atoms with Crippen molar-refractivity contribution < 1.29 is 19.1 Å². The van der Waals surface area contributed by atoms with Crippen molar-refractivity contribution in [2.24, 2.45) is 0 Å². The number of fused-ring (bicyclic) bond motifs is 2. The van der Waals surface area contributed by atoms with E-state index in [1.54, 1.807) is 35.2 Å². The summed E-state index contributed by atoms with van der Waals surface area (Å²) in [6.45, 7) is 1.92. The van der Waals surface area contributed by atoms with Crippen LogP contribution in [0.2, 0.25) is 5.02 Å². The van der Waals surface area contributed by atoms with E-state index in [0.717, 1.165) is 22.6 Å². The van der Waals surface area contributed by atoms with Crippen LogP contribution >= 0.6 is 11.6 Å². The summed E-state index contributed by atoms with van der Waals surface area (Å²) >= 11 is 6.02. The number of nitrogens with one attached hydrogen (secondary N) is 1. The van der Waals surface area contributed by atoms with E-state index in [2.05, 4.69) is 5.32 Å². The Kier molecular flexibility index (Phi) is 6.02. The summed E-state index contributed by atoms with van der Waals surface area (Å²) in [5.41, 5.74) is 3.78. The number of aryl methyl sites for hydroxylation is 1. The van der Waals surface area contributed by atoms with Crippen LogP contribution in [-0.2, 0) is 17.9 Å². The summed E-state index contributed by atoms with van der Waals surface area (Å²) in [6, 6.07) is 22.0. The third-order valence-electron chi connectivity index (χ3n) is 6.37. The number of ether oxygens (including phenoxy) is 2. The van der Waals surface area contributed by atoms with Crippen LogP contribution in [0.15, 0.2) is 72.8 Å². The number of halogens is 1. The highest BCUT2D eigenvalue weighted by atomic mass is 35.5. The number of amides is 2. The molecule has 0 aliphatic carbocycles. The minimum Gasteiger partial charge on any atom is -0.486 e. The van der Waals surface area contributed by atoms with Gasteiger partial charge in [0.2, 0.25) is 5.91 Å². The van der Waals surface area contributed by atoms with Crippen molar-refractivity contribution in [2.45, 2.75) is 19.5 Å². The lowest BCUT2D eigenvalue weighted by molar-refractivity contribution is -0.119. The number of carbonyl (C=O) groups excluding carboxylic acids is 2. The van der Waals surface area contributed by atoms with Gasteiger partial charge in [0, 0.05) is 40.4 Å². The molecule has 1 aromatic heterocycles. The van der Waals surface area contributed by atoms with Crippen LogP contribution in [0, 0.1) is 0 Å². The van der Waals surface area contributed by atoms with Crippen molar-refractivity contribution in [2.75, 3.05) is 23.4 Å². The molecule has 0 saturated heterocycles. The van der Waals surface area contributed by atoms with Crippen molar-refractivity contribution in [3.63, 3.8) is 0 Å². The fraction of sp³-hybridized carbons (Fsp3) is 0.179. The highest BCUT2D eigenvalue weighted by Crippen LogP contribution is 2.33. The van der Waals surface area contributed by atoms with Crippen LogP contribution in [-0.4, -0.2) is 34.8 Å². The first kappa shape index (κ1) is 23.1. The fourth-order valence-electron chi connectivity index (χ4n) is 4.45. The summed E-state index contributed by atoms with van der Waals surface area (Å²) in [5, 5.41) is 8.24. The van der Waals surface area contributed by atoms with E-state index in [9.17, 15) is 9.59 Å². The Hall–Kier alpha value is -4.30. The number of carbonyl (C=O) groups is 2. The van der Waals surface area contributed by atoms with Crippen LogP contribution in [0.25, 0.3) is 11.3 Å². The van der Waals surface area contributed by atoms with Crippen LogP contribution in [0.4, 0.5) is 11.5 Å². The molecule has 0 spiro atoms. The quantitative estimate of drug-likeness (QED) is 0.397. The first-order valence-corrected chi connectivity index (χ1v) is 12.4. The maximum atomic E-state index is 12.8. The molecule has 4 aromatic rings. The minimum absolute atomic E-state index is 0.0375. The van der Waals surface area contributed by atoms with Gasteiger partial charge in [-0.3, -0.25) is 14.5 Å². The molecule has 3 aromatic carbocycles. The average molecular weight is 515 g/mol. The Labute approximate surface area is 218 Å². The molecule has 8 nitrogen and oxygen atoms in total. The summed E-state index contributed by atoms with van der Waals surface area (Å²) in [4.78, 5) is 27.3. The Bertz CT molecular complexity index is 1480. The zero-order chi connectivity index (χ0) is 25.4. The third-order valence-corrected chi connectivity index (χ3v) is 6.62. The van der Waals surface area contributed by atoms with Gasteiger partial charge in [-0.25, -0.2) is 4.68 Å². The molecule has 37 heavy (non-hydrogen) atoms. The van der Waals surface area contributed by atoms with Crippen molar-refractivity contribution in [3.05, 3.63) is 88.9 Å². The summed E-state index contributed by atoms with van der Waals surface area (Å²) in [5.74, 6) is 1.84. The normalized spacial score (nSPS) is 14.3. The first-order chi connectivity index (χ1) is 18.0. The van der Waals surface area contributed by atoms with Gasteiger partial charge >= 0.3 is 0 Å². The van der Waals surface area contributed by atoms with Gasteiger partial charge < -0.3 is 14.8 Å². The molecule has 1 N–H and O–H groups in total. The topological polar surface area (TPSA) is 85.7 Å². The van der Waals surface area contributed by atoms with E-state index in [-0.39, 0.29) is 11.8 Å². The maximum Gasteiger partial charge on any atom is 0.255 e. The Morgan fingerprint density at radius 2 is 1.70 bits per heavy atom. The second-order valence-electron chi connectivity index (χ2n) is 8.86. The van der Waals surface area contributed by atoms with E-state index in [4.69, 9.17) is 26.2 Å². The number of aromatic nitrogens is 2. The molecule has 2 aliphatic heterocycles. The number of nitrogens with zero attached hydrogens (tertiary/aromatic N) is 3. The monoisotopic (exact) mass is 514 g/mol. The zero-order valence-corrected chi connectivity index (χ0v) is 20.6. The van der Waals surface area contributed by atoms with E-state index in [1.807, 2.05) is 47.1 Å². The molecular formula is C28H23ClN4O4. The third kappa shape index (κ3) is 4.75. The van der Waals surface area contributed by atoms with Gasteiger partial charge in [0.1, 0.15) is 19.0 Å². The highest BCUT2D eigenvalue weighted by molar-refractivity contribution is 6.30. The van der Waals surface area contributed by atoms with Crippen LogP contribution in [0.1, 0.15) is 22.3 Å². The standard InChI is InChI=1S/C28H23ClN4O4/c29-21-7-5-19(6-8-21)23-16-26-32(27(34)11-12-33(26)31-23)17-18-1-3-20(4-2-18)28(35)30-22-9-10-24-25(15-22)37-14-13-36-24/h1-10,15-16H,11-14,17H2,(H,30,35). The molecule has 0 unspecified atom stereocenters. The van der Waals surface area contributed by atoms with Crippen molar-refractivity contribution in [1.82, 2.24) is 9.78 Å². The van der Waals surface area contributed by atoms with Gasteiger partial charge in [0.25, 0.3) is 5.91 Å². The molecule has 0 saturated carbocycles. The van der Waals surface area contributed by atoms with Gasteiger partial charge in [-0.1, -0.05) is 35.9 Å². The number of rotatable bonds is 5. The SMILES string of the molecule is O=C(Nc1ccc2c(c1)OCCO2)c1ccc(CN2C(=O)CCn3nc(-c4ccc(Cl)cc4)cc32)cc1. The van der Waals surface area contributed by atoms with Crippen LogP contribution in [0.5, 0.6) is 11.5 Å². The smallest absolute Gasteiger partial charge is 0.255 e. The minimum atomic E-state index is -0.233. The van der Waals surface area contributed by atoms with Crippen molar-refractivity contribution in [3.8, 4) is 22.8 Å². The fourth-order valence-corrected chi connectivity index (χ4v) is 4.58. The summed E-state index contributed by atoms with van der Waals surface area (Å²) in [6.07, 6.45) is 0.380. The van der Waals surface area contributed by atoms with Gasteiger partial charge in [0.15, 0.2) is 11.5 Å². The highest BCUT2D eigenvalue weighted by Gasteiger charge is 2.26. The number of hydrogen-bond donors (Lipinski definition) is 1. The molecule has 0 radical (unpaired) electrons. The predicted octanol–water partition coefficient (Wildman–Crippen LogP) is 5.16. The van der Waals surface area contributed by atoms with E-state index < -0.39 is 0 Å². The van der Waals surface area contributed by atoms with Gasteiger partial charge in [-0.05, 0) is 42.0 Å². The maximum absolute atomic E-state index is 12.8. The summed E-state index contributed by atoms with van der Waals surface area (Å²) < 4.78 is 13.0. The number of benzene rings is 3. The van der Waals surface area contributed by atoms with Crippen molar-refractivity contribution in [1.29, 1.82) is 0 Å². The molecule has 9 heteroatoms. The largest absolute Gasteiger partial charge is 0.486 e. The first-order valence-electron chi connectivity index (χ1n) is 12.0. The molecule has 2 aliphatic rings. The molecule has 0 bridgehead atoms. The Morgan fingerprint density at radius 1 is 0.946 bits per heavy atom. The average Bonchev–Trinajstić information content (AvgIpc) is 3.36. The second-order valence-corrected chi connectivity index (χ2v) is 9.29. The molecule has 2 amide bonds. The van der Waals surface area contributed by atoms with Crippen molar-refractivity contribution >= 4 is 34.9 Å². The lowest BCUT2D eigenvalue weighted by Gasteiger charge is -2.27. The van der Waals surface area contributed by atoms with E-state index >= 15 is 0 Å². The Morgan fingerprint density at radius 3 is 2.49 bits per heavy atom. The Balaban J connectivity index is 1.16. The van der Waals surface area contributed by atoms with Crippen LogP contribution < -0.4 is 19.7 Å². The number of anilines is 2. The predicted molar refractivity (Wildman–Crippen MR) is 140 cm³/mol. The van der Waals surface area contributed by atoms with Crippen LogP contribution in [0.3, 0.4) is 0 Å². The van der Waals surface area contributed by atoms with Gasteiger partial charge in [0.05, 0.1) is 18.8 Å². The van der Waals surface area contributed by atoms with Gasteiger partial charge in [-0.15, -0.1) is 0 Å². The lowest BCUT2D eigenvalue weighted by Crippen LogP contribution is -2.36. The molecule has 0 fully saturated rings. The second kappa shape index (κ2) is 9.63. The molecule has 0 atom stereocenters. The van der Waals surface area contributed by atoms with E-state index in [0.29, 0.717) is 60.5 Å². The number of hydrogen-bond acceptors (Lipinski definition) is 5. The van der Waals surface area contributed by atoms with E-state index in [1.165, 1.54) is 0 Å². The molecule has 6 rings (SSSR count). The lowest BCUT2D eigenvalue weighted by atomic mass is 10.1. The molecule has 186 valence electrons. The zero-order valence-electron chi connectivity index (χ0n) is 19.8.